The van der Waals surface area contributed by atoms with Crippen LogP contribution in [-0.4, -0.2) is 50.8 Å². The minimum absolute atomic E-state index is 0. The maximum atomic E-state index is 5.66. The van der Waals surface area contributed by atoms with Crippen LogP contribution in [0.15, 0.2) is 4.99 Å². The average molecular weight is 423 g/mol. The first-order chi connectivity index (χ1) is 10.2. The lowest BCUT2D eigenvalue weighted by molar-refractivity contribution is 0.127. The topological polar surface area (TPSA) is 36.9 Å². The normalized spacial score (nSPS) is 25.1. The Bertz CT molecular complexity index is 322. The van der Waals surface area contributed by atoms with E-state index >= 15 is 0 Å². The van der Waals surface area contributed by atoms with Gasteiger partial charge in [-0.1, -0.05) is 26.7 Å². The van der Waals surface area contributed by atoms with E-state index in [1.807, 2.05) is 7.05 Å². The molecule has 1 aliphatic heterocycles. The zero-order valence-corrected chi connectivity index (χ0v) is 16.8. The predicted octanol–water partition coefficient (Wildman–Crippen LogP) is 3.36. The number of rotatable bonds is 6. The maximum absolute atomic E-state index is 5.66. The van der Waals surface area contributed by atoms with E-state index < -0.39 is 0 Å². The van der Waals surface area contributed by atoms with Gasteiger partial charge in [0, 0.05) is 33.3 Å². The second kappa shape index (κ2) is 10.7. The smallest absolute Gasteiger partial charge is 0.193 e. The van der Waals surface area contributed by atoms with E-state index in [4.69, 9.17) is 4.74 Å². The van der Waals surface area contributed by atoms with Crippen molar-refractivity contribution in [2.45, 2.75) is 46.0 Å². The summed E-state index contributed by atoms with van der Waals surface area (Å²) in [6, 6.07) is 0. The van der Waals surface area contributed by atoms with Crippen LogP contribution in [0.1, 0.15) is 46.0 Å². The molecule has 1 N–H and O–H groups in total. The average Bonchev–Trinajstić information content (AvgIpc) is 2.89. The van der Waals surface area contributed by atoms with Crippen molar-refractivity contribution >= 4 is 29.9 Å². The Hall–Kier alpha value is -0.0400. The van der Waals surface area contributed by atoms with Gasteiger partial charge in [-0.2, -0.15) is 0 Å². The van der Waals surface area contributed by atoms with Gasteiger partial charge in [0.25, 0.3) is 0 Å². The van der Waals surface area contributed by atoms with Gasteiger partial charge >= 0.3 is 0 Å². The van der Waals surface area contributed by atoms with Gasteiger partial charge in [-0.05, 0) is 37.0 Å². The summed E-state index contributed by atoms with van der Waals surface area (Å²) in [6.07, 6.45) is 6.81. The fourth-order valence-electron chi connectivity index (χ4n) is 3.57. The number of guanidine groups is 1. The van der Waals surface area contributed by atoms with Crippen LogP contribution < -0.4 is 5.32 Å². The van der Waals surface area contributed by atoms with Gasteiger partial charge in [0.15, 0.2) is 5.96 Å². The monoisotopic (exact) mass is 423 g/mol. The summed E-state index contributed by atoms with van der Waals surface area (Å²) in [7, 11) is 1.89. The van der Waals surface area contributed by atoms with Crippen molar-refractivity contribution in [1.82, 2.24) is 10.2 Å². The molecule has 2 aliphatic rings. The number of hydrogen-bond donors (Lipinski definition) is 1. The lowest BCUT2D eigenvalue weighted by Crippen LogP contribution is -2.41. The number of hydrogen-bond acceptors (Lipinski definition) is 2. The second-order valence-corrected chi connectivity index (χ2v) is 6.98. The van der Waals surface area contributed by atoms with E-state index in [9.17, 15) is 0 Å². The van der Waals surface area contributed by atoms with Crippen LogP contribution in [0.3, 0.4) is 0 Å². The molecule has 2 unspecified atom stereocenters. The molecular formula is C17H34IN3O. The summed E-state index contributed by atoms with van der Waals surface area (Å²) in [5.74, 6) is 3.59. The van der Waals surface area contributed by atoms with Crippen LogP contribution in [-0.2, 0) is 4.74 Å². The molecule has 22 heavy (non-hydrogen) atoms. The predicted molar refractivity (Wildman–Crippen MR) is 104 cm³/mol. The Labute approximate surface area is 153 Å². The Kier molecular flexibility index (Phi) is 9.71. The lowest BCUT2D eigenvalue weighted by atomic mass is 9.82. The molecule has 1 aliphatic carbocycles. The maximum Gasteiger partial charge on any atom is 0.193 e. The van der Waals surface area contributed by atoms with Crippen molar-refractivity contribution in [1.29, 1.82) is 0 Å². The molecule has 0 bridgehead atoms. The second-order valence-electron chi connectivity index (χ2n) is 6.98. The van der Waals surface area contributed by atoms with Crippen molar-refractivity contribution in [3.05, 3.63) is 0 Å². The summed E-state index contributed by atoms with van der Waals surface area (Å²) in [6.45, 7) is 9.35. The number of ether oxygens (including phenoxy) is 1. The van der Waals surface area contributed by atoms with Gasteiger partial charge in [-0.15, -0.1) is 24.0 Å². The number of likely N-dealkylation sites (tertiary alicyclic amines) is 1. The molecule has 2 rings (SSSR count). The molecule has 2 fully saturated rings. The molecule has 1 saturated carbocycles. The number of aliphatic imine (C=N–C) groups is 1. The summed E-state index contributed by atoms with van der Waals surface area (Å²) < 4.78 is 5.66. The van der Waals surface area contributed by atoms with Crippen LogP contribution >= 0.6 is 24.0 Å². The summed E-state index contributed by atoms with van der Waals surface area (Å²) in [4.78, 5) is 6.90. The zero-order chi connectivity index (χ0) is 15.1. The highest BCUT2D eigenvalue weighted by atomic mass is 127. The van der Waals surface area contributed by atoms with Crippen molar-refractivity contribution in [3.63, 3.8) is 0 Å². The minimum Gasteiger partial charge on any atom is -0.380 e. The molecule has 5 heteroatoms. The first kappa shape index (κ1) is 20.0. The van der Waals surface area contributed by atoms with Crippen molar-refractivity contribution in [2.24, 2.45) is 22.7 Å². The molecule has 1 saturated heterocycles. The molecule has 0 radical (unpaired) electrons. The molecule has 0 spiro atoms. The number of nitrogens with one attached hydrogen (secondary N) is 1. The largest absolute Gasteiger partial charge is 0.380 e. The van der Waals surface area contributed by atoms with Gasteiger partial charge in [0.2, 0.25) is 0 Å². The first-order valence-corrected chi connectivity index (χ1v) is 8.74. The molecule has 0 aromatic rings. The summed E-state index contributed by atoms with van der Waals surface area (Å²) in [5, 5.41) is 3.46. The minimum atomic E-state index is 0. The van der Waals surface area contributed by atoms with Crippen LogP contribution in [0, 0.1) is 17.8 Å². The molecule has 0 aromatic carbocycles. The number of halogens is 1. The molecule has 0 amide bonds. The third-order valence-corrected chi connectivity index (χ3v) is 4.86. The zero-order valence-electron chi connectivity index (χ0n) is 14.5. The van der Waals surface area contributed by atoms with Crippen LogP contribution in [0.2, 0.25) is 0 Å². The quantitative estimate of drug-likeness (QED) is 0.308. The van der Waals surface area contributed by atoms with E-state index in [0.29, 0.717) is 0 Å². The number of fused-ring (bicyclic) bond motifs is 1. The number of nitrogens with zero attached hydrogens (tertiary/aromatic N) is 2. The Morgan fingerprint density at radius 3 is 2.36 bits per heavy atom. The Morgan fingerprint density at radius 1 is 1.18 bits per heavy atom. The van der Waals surface area contributed by atoms with Crippen molar-refractivity contribution < 1.29 is 4.74 Å². The van der Waals surface area contributed by atoms with Crippen molar-refractivity contribution in [3.8, 4) is 0 Å². The highest BCUT2D eigenvalue weighted by molar-refractivity contribution is 14.0. The summed E-state index contributed by atoms with van der Waals surface area (Å²) in [5.41, 5.74) is 0. The SMILES string of the molecule is CN=C(NCCOCCC(C)C)N1CC2CCCCC2C1.I. The van der Waals surface area contributed by atoms with Gasteiger partial charge in [0.1, 0.15) is 0 Å². The van der Waals surface area contributed by atoms with E-state index in [1.165, 1.54) is 38.8 Å². The van der Waals surface area contributed by atoms with E-state index in [-0.39, 0.29) is 24.0 Å². The standard InChI is InChI=1S/C17H33N3O.HI/c1-14(2)8-10-21-11-9-19-17(18-3)20-12-15-6-4-5-7-16(15)13-20;/h14-16H,4-13H2,1-3H3,(H,18,19);1H. The lowest BCUT2D eigenvalue weighted by Gasteiger charge is -2.22. The third kappa shape index (κ3) is 6.22. The van der Waals surface area contributed by atoms with Gasteiger partial charge in [-0.25, -0.2) is 0 Å². The highest BCUT2D eigenvalue weighted by Gasteiger charge is 2.35. The fraction of sp³-hybridized carbons (Fsp3) is 0.941. The Balaban J connectivity index is 0.00000242. The van der Waals surface area contributed by atoms with E-state index in [0.717, 1.165) is 49.9 Å². The molecule has 0 aromatic heterocycles. The molecular weight excluding hydrogens is 389 g/mol. The Morgan fingerprint density at radius 2 is 1.82 bits per heavy atom. The van der Waals surface area contributed by atoms with Crippen LogP contribution in [0.4, 0.5) is 0 Å². The van der Waals surface area contributed by atoms with Gasteiger partial charge in [-0.3, -0.25) is 4.99 Å². The molecule has 130 valence electrons. The fourth-order valence-corrected chi connectivity index (χ4v) is 3.57. The van der Waals surface area contributed by atoms with E-state index in [1.54, 1.807) is 0 Å². The van der Waals surface area contributed by atoms with Crippen LogP contribution in [0.5, 0.6) is 0 Å². The highest BCUT2D eigenvalue weighted by Crippen LogP contribution is 2.35. The molecule has 1 heterocycles. The van der Waals surface area contributed by atoms with Gasteiger partial charge < -0.3 is 15.0 Å². The molecule has 2 atom stereocenters. The van der Waals surface area contributed by atoms with Crippen molar-refractivity contribution in [2.75, 3.05) is 39.9 Å². The molecule has 4 nitrogen and oxygen atoms in total. The first-order valence-electron chi connectivity index (χ1n) is 8.74. The van der Waals surface area contributed by atoms with E-state index in [2.05, 4.69) is 29.1 Å². The summed E-state index contributed by atoms with van der Waals surface area (Å²) >= 11 is 0. The van der Waals surface area contributed by atoms with Crippen LogP contribution in [0.25, 0.3) is 0 Å². The van der Waals surface area contributed by atoms with Gasteiger partial charge in [0.05, 0.1) is 6.61 Å². The third-order valence-electron chi connectivity index (χ3n) is 4.86.